The quantitative estimate of drug-likeness (QED) is 0.883. The second kappa shape index (κ2) is 6.64. The molecule has 2 saturated heterocycles. The van der Waals surface area contributed by atoms with Gasteiger partial charge in [0.15, 0.2) is 0 Å². The average molecular weight is 310 g/mol. The molecule has 2 aliphatic heterocycles. The summed E-state index contributed by atoms with van der Waals surface area (Å²) >= 11 is 6.36. The summed E-state index contributed by atoms with van der Waals surface area (Å²) in [5.74, 6) is -0.0840. The van der Waals surface area contributed by atoms with Gasteiger partial charge in [0.25, 0.3) is 5.91 Å². The number of rotatable bonds is 3. The van der Waals surface area contributed by atoms with Gasteiger partial charge in [-0.05, 0) is 24.6 Å². The molecular weight excluding hydrogens is 290 g/mol. The molecule has 1 amide bonds. The van der Waals surface area contributed by atoms with E-state index in [2.05, 4.69) is 15.5 Å². The third-order valence-electron chi connectivity index (χ3n) is 3.93. The summed E-state index contributed by atoms with van der Waals surface area (Å²) in [5, 5.41) is 6.92. The first kappa shape index (κ1) is 14.6. The molecule has 0 bridgehead atoms. The van der Waals surface area contributed by atoms with Crippen LogP contribution in [0.2, 0.25) is 5.02 Å². The van der Waals surface area contributed by atoms with E-state index < -0.39 is 0 Å². The second-order valence-electron chi connectivity index (χ2n) is 5.44. The van der Waals surface area contributed by atoms with E-state index in [1.54, 1.807) is 6.07 Å². The first-order valence-electron chi connectivity index (χ1n) is 7.38. The molecule has 114 valence electrons. The zero-order valence-electron chi connectivity index (χ0n) is 11.9. The zero-order chi connectivity index (χ0) is 14.7. The van der Waals surface area contributed by atoms with E-state index in [1.165, 1.54) is 0 Å². The average Bonchev–Trinajstić information content (AvgIpc) is 3.01. The van der Waals surface area contributed by atoms with Crippen LogP contribution in [0.4, 0.5) is 5.69 Å². The van der Waals surface area contributed by atoms with Crippen molar-refractivity contribution in [1.29, 1.82) is 0 Å². The number of nitrogens with zero attached hydrogens (tertiary/aromatic N) is 1. The molecule has 5 nitrogen and oxygen atoms in total. The molecule has 0 aliphatic carbocycles. The molecule has 0 aromatic heterocycles. The number of amides is 1. The Kier molecular flexibility index (Phi) is 4.63. The van der Waals surface area contributed by atoms with Gasteiger partial charge in [0.1, 0.15) is 0 Å². The Morgan fingerprint density at radius 2 is 2.19 bits per heavy atom. The molecule has 1 atom stereocenters. The lowest BCUT2D eigenvalue weighted by Gasteiger charge is -2.30. The molecule has 1 unspecified atom stereocenters. The predicted octanol–water partition coefficient (Wildman–Crippen LogP) is 1.27. The highest BCUT2D eigenvalue weighted by Gasteiger charge is 2.20. The van der Waals surface area contributed by atoms with Crippen molar-refractivity contribution in [2.24, 2.45) is 0 Å². The van der Waals surface area contributed by atoms with E-state index in [-0.39, 0.29) is 11.9 Å². The molecule has 0 saturated carbocycles. The van der Waals surface area contributed by atoms with Crippen molar-refractivity contribution in [2.75, 3.05) is 44.3 Å². The lowest BCUT2D eigenvalue weighted by atomic mass is 10.1. The summed E-state index contributed by atoms with van der Waals surface area (Å²) in [6.45, 7) is 5.10. The number of anilines is 1. The van der Waals surface area contributed by atoms with Crippen LogP contribution in [0.1, 0.15) is 16.8 Å². The summed E-state index contributed by atoms with van der Waals surface area (Å²) in [4.78, 5) is 14.4. The lowest BCUT2D eigenvalue weighted by Crippen LogP contribution is -2.43. The van der Waals surface area contributed by atoms with Crippen molar-refractivity contribution in [3.63, 3.8) is 0 Å². The van der Waals surface area contributed by atoms with Gasteiger partial charge in [0.05, 0.1) is 23.4 Å². The van der Waals surface area contributed by atoms with E-state index >= 15 is 0 Å². The van der Waals surface area contributed by atoms with Gasteiger partial charge in [-0.3, -0.25) is 4.79 Å². The van der Waals surface area contributed by atoms with Gasteiger partial charge in [-0.25, -0.2) is 0 Å². The minimum absolute atomic E-state index is 0.0840. The Hall–Kier alpha value is -1.30. The van der Waals surface area contributed by atoms with Crippen LogP contribution in [-0.2, 0) is 4.74 Å². The van der Waals surface area contributed by atoms with Gasteiger partial charge in [-0.1, -0.05) is 11.6 Å². The fourth-order valence-electron chi connectivity index (χ4n) is 2.73. The van der Waals surface area contributed by atoms with Crippen LogP contribution in [0.5, 0.6) is 0 Å². The van der Waals surface area contributed by atoms with Crippen molar-refractivity contribution in [2.45, 2.75) is 12.5 Å². The smallest absolute Gasteiger partial charge is 0.251 e. The topological polar surface area (TPSA) is 53.6 Å². The number of halogens is 1. The first-order chi connectivity index (χ1) is 10.2. The summed E-state index contributed by atoms with van der Waals surface area (Å²) in [5.41, 5.74) is 1.60. The highest BCUT2D eigenvalue weighted by atomic mass is 35.5. The minimum Gasteiger partial charge on any atom is -0.379 e. The van der Waals surface area contributed by atoms with Gasteiger partial charge in [0, 0.05) is 38.3 Å². The van der Waals surface area contributed by atoms with Gasteiger partial charge >= 0.3 is 0 Å². The maximum atomic E-state index is 12.2. The normalized spacial score (nSPS) is 22.3. The van der Waals surface area contributed by atoms with E-state index in [9.17, 15) is 4.79 Å². The molecule has 3 rings (SSSR count). The summed E-state index contributed by atoms with van der Waals surface area (Å²) in [6.07, 6.45) is 0.873. The van der Waals surface area contributed by atoms with Crippen LogP contribution in [-0.4, -0.2) is 51.3 Å². The number of carbonyl (C=O) groups excluding carboxylic acids is 1. The van der Waals surface area contributed by atoms with Crippen LogP contribution in [0.3, 0.4) is 0 Å². The van der Waals surface area contributed by atoms with E-state index in [4.69, 9.17) is 16.3 Å². The van der Waals surface area contributed by atoms with Crippen LogP contribution in [0.25, 0.3) is 0 Å². The van der Waals surface area contributed by atoms with Crippen molar-refractivity contribution < 1.29 is 9.53 Å². The lowest BCUT2D eigenvalue weighted by molar-refractivity contribution is 0.0930. The molecule has 2 N–H and O–H groups in total. The Bertz CT molecular complexity index is 512. The van der Waals surface area contributed by atoms with Crippen LogP contribution in [0.15, 0.2) is 18.2 Å². The number of nitrogens with one attached hydrogen (secondary N) is 2. The molecule has 0 spiro atoms. The summed E-state index contributed by atoms with van der Waals surface area (Å²) in [6, 6.07) is 5.65. The molecule has 1 aromatic carbocycles. The number of hydrogen-bond acceptors (Lipinski definition) is 4. The van der Waals surface area contributed by atoms with Gasteiger partial charge in [0.2, 0.25) is 0 Å². The fraction of sp³-hybridized carbons (Fsp3) is 0.533. The SMILES string of the molecule is O=C(NC1CCOC1)c1ccc(N2CCNCC2)c(Cl)c1. The van der Waals surface area contributed by atoms with E-state index in [0.29, 0.717) is 23.8 Å². The van der Waals surface area contributed by atoms with Crippen molar-refractivity contribution in [1.82, 2.24) is 10.6 Å². The molecule has 2 aliphatic rings. The first-order valence-corrected chi connectivity index (χ1v) is 7.75. The highest BCUT2D eigenvalue weighted by Crippen LogP contribution is 2.27. The van der Waals surface area contributed by atoms with Crippen LogP contribution >= 0.6 is 11.6 Å². The third kappa shape index (κ3) is 3.48. The van der Waals surface area contributed by atoms with Crippen molar-refractivity contribution in [3.8, 4) is 0 Å². The number of carbonyl (C=O) groups is 1. The molecule has 2 fully saturated rings. The molecule has 6 heteroatoms. The number of hydrogen-bond donors (Lipinski definition) is 2. The molecule has 2 heterocycles. The number of ether oxygens (including phenoxy) is 1. The van der Waals surface area contributed by atoms with Crippen molar-refractivity contribution in [3.05, 3.63) is 28.8 Å². The molecular formula is C15H20ClN3O2. The maximum Gasteiger partial charge on any atom is 0.251 e. The van der Waals surface area contributed by atoms with E-state index in [0.717, 1.165) is 38.3 Å². The minimum atomic E-state index is -0.0840. The monoisotopic (exact) mass is 309 g/mol. The van der Waals surface area contributed by atoms with Gasteiger partial charge in [-0.15, -0.1) is 0 Å². The second-order valence-corrected chi connectivity index (χ2v) is 5.84. The Morgan fingerprint density at radius 3 is 2.86 bits per heavy atom. The van der Waals surface area contributed by atoms with Crippen molar-refractivity contribution >= 4 is 23.2 Å². The summed E-state index contributed by atoms with van der Waals surface area (Å²) < 4.78 is 5.26. The fourth-order valence-corrected chi connectivity index (χ4v) is 3.03. The molecule has 21 heavy (non-hydrogen) atoms. The third-order valence-corrected chi connectivity index (χ3v) is 4.24. The molecule has 0 radical (unpaired) electrons. The zero-order valence-corrected chi connectivity index (χ0v) is 12.7. The predicted molar refractivity (Wildman–Crippen MR) is 83.2 cm³/mol. The standard InChI is InChI=1S/C15H20ClN3O2/c16-13-9-11(15(20)18-12-3-8-21-10-12)1-2-14(13)19-6-4-17-5-7-19/h1-2,9,12,17H,3-8,10H2,(H,18,20). The summed E-state index contributed by atoms with van der Waals surface area (Å²) in [7, 11) is 0. The van der Waals surface area contributed by atoms with E-state index in [1.807, 2.05) is 12.1 Å². The Balaban J connectivity index is 1.69. The largest absolute Gasteiger partial charge is 0.379 e. The van der Waals surface area contributed by atoms with Gasteiger partial charge in [-0.2, -0.15) is 0 Å². The molecule has 1 aromatic rings. The number of benzene rings is 1. The maximum absolute atomic E-state index is 12.2. The van der Waals surface area contributed by atoms with Crippen LogP contribution < -0.4 is 15.5 Å². The highest BCUT2D eigenvalue weighted by molar-refractivity contribution is 6.33. The number of piperazine rings is 1. The van der Waals surface area contributed by atoms with Crippen LogP contribution in [0, 0.1) is 0 Å². The Labute approximate surface area is 129 Å². The Morgan fingerprint density at radius 1 is 1.38 bits per heavy atom. The van der Waals surface area contributed by atoms with Gasteiger partial charge < -0.3 is 20.3 Å².